The van der Waals surface area contributed by atoms with Gasteiger partial charge in [0.25, 0.3) is 5.91 Å². The Morgan fingerprint density at radius 1 is 1.24 bits per heavy atom. The molecule has 1 aliphatic rings. The van der Waals surface area contributed by atoms with Gasteiger partial charge in [0.2, 0.25) is 0 Å². The molecule has 2 heterocycles. The lowest BCUT2D eigenvalue weighted by atomic mass is 9.81. The van der Waals surface area contributed by atoms with Crippen LogP contribution in [0.3, 0.4) is 0 Å². The molecule has 1 N–H and O–H groups in total. The van der Waals surface area contributed by atoms with Gasteiger partial charge in [-0.2, -0.15) is 0 Å². The minimum Gasteiger partial charge on any atom is -0.481 e. The number of carboxylic acid groups (broad SMARTS) is 1. The summed E-state index contributed by atoms with van der Waals surface area (Å²) in [6.45, 7) is 1.91. The Hall–Kier alpha value is -2.60. The van der Waals surface area contributed by atoms with Gasteiger partial charge in [-0.15, -0.1) is 0 Å². The number of rotatable bonds is 7. The Bertz CT molecular complexity index is 846. The van der Waals surface area contributed by atoms with Crippen LogP contribution in [0.15, 0.2) is 48.7 Å². The van der Waals surface area contributed by atoms with Crippen molar-refractivity contribution in [1.29, 1.82) is 0 Å². The molecule has 0 bridgehead atoms. The molecule has 0 aliphatic carbocycles. The van der Waals surface area contributed by atoms with Crippen molar-refractivity contribution >= 4 is 29.2 Å². The maximum Gasteiger partial charge on any atom is 0.303 e. The Balaban J connectivity index is 1.68. The minimum absolute atomic E-state index is 0.0711. The molecule has 154 valence electrons. The summed E-state index contributed by atoms with van der Waals surface area (Å²) in [5.74, 6) is -0.657. The van der Waals surface area contributed by atoms with Crippen LogP contribution in [0.5, 0.6) is 0 Å². The number of carbonyl (C=O) groups is 2. The lowest BCUT2D eigenvalue weighted by molar-refractivity contribution is -0.139. The fourth-order valence-corrected chi connectivity index (χ4v) is 4.15. The van der Waals surface area contributed by atoms with Crippen molar-refractivity contribution in [2.75, 3.05) is 31.6 Å². The van der Waals surface area contributed by atoms with E-state index in [4.69, 9.17) is 11.6 Å². The SMILES string of the molecule is CN(CC[C@H]1CN(C(=O)c2ccnc(Cl)c2)CC[C@H]1CC(=O)O)c1ccccc1. The number of benzene rings is 1. The first-order chi connectivity index (χ1) is 13.9. The van der Waals surface area contributed by atoms with E-state index in [1.807, 2.05) is 30.1 Å². The number of hydrogen-bond donors (Lipinski definition) is 1. The molecule has 1 fully saturated rings. The third-order valence-electron chi connectivity index (χ3n) is 5.62. The fraction of sp³-hybridized carbons (Fsp3) is 0.409. The van der Waals surface area contributed by atoms with Crippen LogP contribution in [0.25, 0.3) is 0 Å². The molecule has 0 radical (unpaired) electrons. The third-order valence-corrected chi connectivity index (χ3v) is 5.83. The van der Waals surface area contributed by atoms with Crippen LogP contribution in [0.1, 0.15) is 29.6 Å². The highest BCUT2D eigenvalue weighted by molar-refractivity contribution is 6.29. The van der Waals surface area contributed by atoms with Gasteiger partial charge in [-0.05, 0) is 48.9 Å². The lowest BCUT2D eigenvalue weighted by Gasteiger charge is -2.39. The highest BCUT2D eigenvalue weighted by atomic mass is 35.5. The van der Waals surface area contributed by atoms with Gasteiger partial charge < -0.3 is 14.9 Å². The minimum atomic E-state index is -0.780. The van der Waals surface area contributed by atoms with E-state index in [-0.39, 0.29) is 29.3 Å². The summed E-state index contributed by atoms with van der Waals surface area (Å²) in [4.78, 5) is 32.1. The Morgan fingerprint density at radius 3 is 2.69 bits per heavy atom. The van der Waals surface area contributed by atoms with Crippen molar-refractivity contribution < 1.29 is 14.7 Å². The lowest BCUT2D eigenvalue weighted by Crippen LogP contribution is -2.45. The van der Waals surface area contributed by atoms with E-state index < -0.39 is 5.97 Å². The van der Waals surface area contributed by atoms with E-state index in [0.717, 1.165) is 18.7 Å². The number of carbonyl (C=O) groups excluding carboxylic acids is 1. The smallest absolute Gasteiger partial charge is 0.303 e. The molecule has 1 aromatic heterocycles. The second kappa shape index (κ2) is 9.74. The maximum atomic E-state index is 12.9. The van der Waals surface area contributed by atoms with Crippen LogP contribution in [0.2, 0.25) is 5.15 Å². The van der Waals surface area contributed by atoms with Gasteiger partial charge in [0.15, 0.2) is 0 Å². The topological polar surface area (TPSA) is 73.7 Å². The molecule has 6 nitrogen and oxygen atoms in total. The molecule has 2 atom stereocenters. The average Bonchev–Trinajstić information content (AvgIpc) is 2.72. The Kier molecular flexibility index (Phi) is 7.09. The molecule has 29 heavy (non-hydrogen) atoms. The van der Waals surface area contributed by atoms with Crippen LogP contribution in [-0.2, 0) is 4.79 Å². The predicted molar refractivity (Wildman–Crippen MR) is 113 cm³/mol. The van der Waals surface area contributed by atoms with Gasteiger partial charge in [-0.3, -0.25) is 9.59 Å². The molecule has 7 heteroatoms. The zero-order valence-corrected chi connectivity index (χ0v) is 17.3. The number of aliphatic carboxylic acids is 1. The van der Waals surface area contributed by atoms with Gasteiger partial charge in [0.1, 0.15) is 5.15 Å². The van der Waals surface area contributed by atoms with Gasteiger partial charge in [-0.25, -0.2) is 4.98 Å². The molecule has 1 aliphatic heterocycles. The van der Waals surface area contributed by atoms with E-state index in [1.54, 1.807) is 12.1 Å². The van der Waals surface area contributed by atoms with Crippen molar-refractivity contribution in [2.45, 2.75) is 19.3 Å². The highest BCUT2D eigenvalue weighted by Crippen LogP contribution is 2.30. The number of likely N-dealkylation sites (tertiary alicyclic amines) is 1. The van der Waals surface area contributed by atoms with E-state index >= 15 is 0 Å². The molecule has 0 spiro atoms. The molecule has 1 amide bonds. The van der Waals surface area contributed by atoms with Gasteiger partial charge >= 0.3 is 5.97 Å². The number of carboxylic acids is 1. The molecule has 3 rings (SSSR count). The number of nitrogens with zero attached hydrogens (tertiary/aromatic N) is 3. The summed E-state index contributed by atoms with van der Waals surface area (Å²) in [7, 11) is 2.03. The number of amides is 1. The molecule has 0 unspecified atom stereocenters. The average molecular weight is 416 g/mol. The van der Waals surface area contributed by atoms with Gasteiger partial charge in [0, 0.05) is 50.6 Å². The van der Waals surface area contributed by atoms with E-state index in [2.05, 4.69) is 22.0 Å². The second-order valence-corrected chi connectivity index (χ2v) is 7.96. The zero-order valence-electron chi connectivity index (χ0n) is 16.5. The van der Waals surface area contributed by atoms with Gasteiger partial charge in [0.05, 0.1) is 0 Å². The van der Waals surface area contributed by atoms with E-state index in [1.165, 1.54) is 6.20 Å². The number of piperidine rings is 1. The normalized spacial score (nSPS) is 19.0. The first-order valence-electron chi connectivity index (χ1n) is 9.83. The van der Waals surface area contributed by atoms with Crippen molar-refractivity contribution in [3.05, 3.63) is 59.4 Å². The molecule has 1 aromatic carbocycles. The van der Waals surface area contributed by atoms with Crippen LogP contribution in [0.4, 0.5) is 5.69 Å². The van der Waals surface area contributed by atoms with Crippen LogP contribution in [-0.4, -0.2) is 53.5 Å². The third kappa shape index (κ3) is 5.70. The summed E-state index contributed by atoms with van der Waals surface area (Å²) >= 11 is 5.93. The van der Waals surface area contributed by atoms with Crippen molar-refractivity contribution in [3.63, 3.8) is 0 Å². The fourth-order valence-electron chi connectivity index (χ4n) is 3.97. The quantitative estimate of drug-likeness (QED) is 0.696. The Morgan fingerprint density at radius 2 is 2.00 bits per heavy atom. The number of anilines is 1. The van der Waals surface area contributed by atoms with Gasteiger partial charge in [-0.1, -0.05) is 29.8 Å². The van der Waals surface area contributed by atoms with Crippen molar-refractivity contribution in [3.8, 4) is 0 Å². The van der Waals surface area contributed by atoms with Crippen LogP contribution in [0, 0.1) is 11.8 Å². The molecule has 0 saturated carbocycles. The maximum absolute atomic E-state index is 12.9. The first-order valence-corrected chi connectivity index (χ1v) is 10.2. The predicted octanol–water partition coefficient (Wildman–Crippen LogP) is 3.81. The van der Waals surface area contributed by atoms with Crippen LogP contribution < -0.4 is 4.90 Å². The monoisotopic (exact) mass is 415 g/mol. The van der Waals surface area contributed by atoms with E-state index in [9.17, 15) is 14.7 Å². The number of aromatic nitrogens is 1. The number of hydrogen-bond acceptors (Lipinski definition) is 4. The van der Waals surface area contributed by atoms with Crippen molar-refractivity contribution in [2.24, 2.45) is 11.8 Å². The summed E-state index contributed by atoms with van der Waals surface area (Å²) < 4.78 is 0. The highest BCUT2D eigenvalue weighted by Gasteiger charge is 2.33. The Labute approximate surface area is 176 Å². The van der Waals surface area contributed by atoms with E-state index in [0.29, 0.717) is 25.1 Å². The number of halogens is 1. The first kappa shape index (κ1) is 21.1. The number of para-hydroxylation sites is 1. The van der Waals surface area contributed by atoms with Crippen LogP contribution >= 0.6 is 11.6 Å². The molecule has 2 aromatic rings. The molecule has 1 saturated heterocycles. The standard InChI is InChI=1S/C22H26ClN3O3/c1-25(19-5-3-2-4-6-19)11-8-18-15-26(12-9-16(18)14-21(27)28)22(29)17-7-10-24-20(23)13-17/h2-7,10,13,16,18H,8-9,11-12,14-15H2,1H3,(H,27,28)/t16-,18-/m0/s1. The summed E-state index contributed by atoms with van der Waals surface area (Å²) in [5, 5.41) is 9.60. The van der Waals surface area contributed by atoms with Crippen molar-refractivity contribution in [1.82, 2.24) is 9.88 Å². The second-order valence-electron chi connectivity index (χ2n) is 7.57. The zero-order chi connectivity index (χ0) is 20.8. The summed E-state index contributed by atoms with van der Waals surface area (Å²) in [5.41, 5.74) is 1.64. The molecular weight excluding hydrogens is 390 g/mol. The number of pyridine rings is 1. The molecular formula is C22H26ClN3O3. The largest absolute Gasteiger partial charge is 0.481 e. The summed E-state index contributed by atoms with van der Waals surface area (Å²) in [6.07, 6.45) is 3.18. The summed E-state index contributed by atoms with van der Waals surface area (Å²) in [6, 6.07) is 13.3.